The molecule has 0 aromatic heterocycles. The van der Waals surface area contributed by atoms with Crippen LogP contribution in [0, 0.1) is 0 Å². The monoisotopic (exact) mass is 373 g/mol. The van der Waals surface area contributed by atoms with Crippen LogP contribution in [0.25, 0.3) is 0 Å². The lowest BCUT2D eigenvalue weighted by Crippen LogP contribution is -2.38. The van der Waals surface area contributed by atoms with Crippen molar-refractivity contribution in [1.29, 1.82) is 0 Å². The van der Waals surface area contributed by atoms with E-state index in [1.54, 1.807) is 11.8 Å². The van der Waals surface area contributed by atoms with Crippen LogP contribution in [-0.4, -0.2) is 23.9 Å². The first-order chi connectivity index (χ1) is 12.1. The Morgan fingerprint density at radius 1 is 1.04 bits per heavy atom. The molecule has 0 spiro atoms. The normalized spacial score (nSPS) is 15.1. The Labute approximate surface area is 159 Å². The molecule has 0 heterocycles. The highest BCUT2D eigenvalue weighted by molar-refractivity contribution is 7.98. The molecule has 0 atom stereocenters. The van der Waals surface area contributed by atoms with E-state index in [9.17, 15) is 4.79 Å². The number of carbonyl (C=O) groups is 1. The molecule has 25 heavy (non-hydrogen) atoms. The zero-order valence-corrected chi connectivity index (χ0v) is 16.2. The van der Waals surface area contributed by atoms with E-state index in [0.717, 1.165) is 29.2 Å². The van der Waals surface area contributed by atoms with Crippen LogP contribution in [0.3, 0.4) is 0 Å². The highest BCUT2D eigenvalue weighted by Gasteiger charge is 2.22. The second-order valence-electron chi connectivity index (χ2n) is 6.65. The van der Waals surface area contributed by atoms with E-state index in [1.165, 1.54) is 29.7 Å². The highest BCUT2D eigenvalue weighted by atomic mass is 35.5. The number of halogens is 1. The van der Waals surface area contributed by atoms with Gasteiger partial charge in [0.1, 0.15) is 0 Å². The summed E-state index contributed by atoms with van der Waals surface area (Å²) >= 11 is 7.68. The zero-order valence-electron chi connectivity index (χ0n) is 14.6. The average molecular weight is 374 g/mol. The van der Waals surface area contributed by atoms with Crippen molar-refractivity contribution >= 4 is 29.3 Å². The second-order valence-corrected chi connectivity index (χ2v) is 8.13. The van der Waals surface area contributed by atoms with Gasteiger partial charge in [0.15, 0.2) is 0 Å². The minimum absolute atomic E-state index is 0.142. The van der Waals surface area contributed by atoms with Crippen molar-refractivity contribution in [3.8, 4) is 0 Å². The van der Waals surface area contributed by atoms with E-state index in [0.29, 0.717) is 6.04 Å². The Kier molecular flexibility index (Phi) is 6.44. The molecule has 132 valence electrons. The van der Waals surface area contributed by atoms with E-state index >= 15 is 0 Å². The zero-order chi connectivity index (χ0) is 17.6. The van der Waals surface area contributed by atoms with Crippen molar-refractivity contribution in [1.82, 2.24) is 4.90 Å². The van der Waals surface area contributed by atoms with Crippen molar-refractivity contribution in [2.45, 2.75) is 48.8 Å². The van der Waals surface area contributed by atoms with Gasteiger partial charge in [-0.15, -0.1) is 11.8 Å². The Hall–Kier alpha value is -1.45. The van der Waals surface area contributed by atoms with Gasteiger partial charge in [-0.1, -0.05) is 43.0 Å². The first kappa shape index (κ1) is 18.3. The lowest BCUT2D eigenvalue weighted by molar-refractivity contribution is 0.0696. The van der Waals surface area contributed by atoms with Crippen molar-refractivity contribution in [2.24, 2.45) is 0 Å². The Morgan fingerprint density at radius 3 is 2.32 bits per heavy atom. The van der Waals surface area contributed by atoms with Gasteiger partial charge in [-0.25, -0.2) is 0 Å². The number of amides is 1. The van der Waals surface area contributed by atoms with Gasteiger partial charge in [-0.3, -0.25) is 4.79 Å². The third-order valence-electron chi connectivity index (χ3n) is 4.86. The minimum Gasteiger partial charge on any atom is -0.339 e. The van der Waals surface area contributed by atoms with Crippen LogP contribution < -0.4 is 0 Å². The number of benzene rings is 2. The molecular weight excluding hydrogens is 350 g/mol. The standard InChI is InChI=1S/C21H24ClNOS/c1-23(19-5-3-2-4-6-19)21(24)17-9-7-16(8-10-17)15-25-20-13-11-18(22)12-14-20/h7-14,19H,2-6,15H2,1H3. The number of rotatable bonds is 5. The lowest BCUT2D eigenvalue weighted by Gasteiger charge is -2.31. The fourth-order valence-electron chi connectivity index (χ4n) is 3.28. The summed E-state index contributed by atoms with van der Waals surface area (Å²) in [4.78, 5) is 15.8. The lowest BCUT2D eigenvalue weighted by atomic mass is 9.94. The summed E-state index contributed by atoms with van der Waals surface area (Å²) in [6.07, 6.45) is 6.06. The van der Waals surface area contributed by atoms with Crippen LogP contribution in [0.4, 0.5) is 0 Å². The number of carbonyl (C=O) groups excluding carboxylic acids is 1. The first-order valence-corrected chi connectivity index (χ1v) is 10.2. The van der Waals surface area contributed by atoms with Crippen LogP contribution in [-0.2, 0) is 5.75 Å². The fourth-order valence-corrected chi connectivity index (χ4v) is 4.26. The molecule has 0 aliphatic heterocycles. The molecule has 0 unspecified atom stereocenters. The third kappa shape index (κ3) is 5.02. The Balaban J connectivity index is 1.57. The van der Waals surface area contributed by atoms with Gasteiger partial charge < -0.3 is 4.90 Å². The van der Waals surface area contributed by atoms with Crippen LogP contribution in [0.2, 0.25) is 5.02 Å². The van der Waals surface area contributed by atoms with Gasteiger partial charge in [-0.2, -0.15) is 0 Å². The van der Waals surface area contributed by atoms with Gasteiger partial charge in [-0.05, 0) is 54.8 Å². The van der Waals surface area contributed by atoms with E-state index in [2.05, 4.69) is 12.1 Å². The third-order valence-corrected chi connectivity index (χ3v) is 6.20. The number of hydrogen-bond donors (Lipinski definition) is 0. The number of thioether (sulfide) groups is 1. The molecule has 2 nitrogen and oxygen atoms in total. The largest absolute Gasteiger partial charge is 0.339 e. The summed E-state index contributed by atoms with van der Waals surface area (Å²) in [7, 11) is 1.95. The molecule has 4 heteroatoms. The second kappa shape index (κ2) is 8.77. The summed E-state index contributed by atoms with van der Waals surface area (Å²) in [6.45, 7) is 0. The van der Waals surface area contributed by atoms with Gasteiger partial charge in [0.05, 0.1) is 0 Å². The summed E-state index contributed by atoms with van der Waals surface area (Å²) < 4.78 is 0. The van der Waals surface area contributed by atoms with E-state index in [-0.39, 0.29) is 5.91 Å². The van der Waals surface area contributed by atoms with Crippen molar-refractivity contribution < 1.29 is 4.79 Å². The molecule has 3 rings (SSSR count). The van der Waals surface area contributed by atoms with Gasteiger partial charge >= 0.3 is 0 Å². The summed E-state index contributed by atoms with van der Waals surface area (Å²) in [5, 5.41) is 0.759. The maximum absolute atomic E-state index is 12.7. The van der Waals surface area contributed by atoms with Crippen molar-refractivity contribution in [2.75, 3.05) is 7.05 Å². The minimum atomic E-state index is 0.142. The molecule has 1 amide bonds. The van der Waals surface area contributed by atoms with Crippen molar-refractivity contribution in [3.05, 3.63) is 64.7 Å². The van der Waals surface area contributed by atoms with E-state index in [1.807, 2.05) is 48.3 Å². The molecule has 1 fully saturated rings. The summed E-state index contributed by atoms with van der Waals surface area (Å²) in [5.41, 5.74) is 2.00. The smallest absolute Gasteiger partial charge is 0.253 e. The van der Waals surface area contributed by atoms with Gasteiger partial charge in [0, 0.05) is 34.3 Å². The molecule has 1 saturated carbocycles. The average Bonchev–Trinajstić information content (AvgIpc) is 2.67. The molecular formula is C21H24ClNOS. The molecule has 0 radical (unpaired) electrons. The maximum atomic E-state index is 12.7. The van der Waals surface area contributed by atoms with Crippen LogP contribution in [0.1, 0.15) is 48.0 Å². The van der Waals surface area contributed by atoms with Gasteiger partial charge in [0.25, 0.3) is 5.91 Å². The van der Waals surface area contributed by atoms with Crippen LogP contribution >= 0.6 is 23.4 Å². The molecule has 2 aromatic carbocycles. The van der Waals surface area contributed by atoms with E-state index in [4.69, 9.17) is 11.6 Å². The van der Waals surface area contributed by atoms with Crippen LogP contribution in [0.5, 0.6) is 0 Å². The molecule has 1 aliphatic rings. The Bertz CT molecular complexity index is 693. The maximum Gasteiger partial charge on any atom is 0.253 e. The quantitative estimate of drug-likeness (QED) is 0.595. The SMILES string of the molecule is CN(C(=O)c1ccc(CSc2ccc(Cl)cc2)cc1)C1CCCCC1. The number of hydrogen-bond acceptors (Lipinski definition) is 2. The summed E-state index contributed by atoms with van der Waals surface area (Å²) in [6, 6.07) is 16.3. The van der Waals surface area contributed by atoms with E-state index < -0.39 is 0 Å². The van der Waals surface area contributed by atoms with Gasteiger partial charge in [0.2, 0.25) is 0 Å². The molecule has 2 aromatic rings. The molecule has 1 aliphatic carbocycles. The molecule has 0 N–H and O–H groups in total. The first-order valence-electron chi connectivity index (χ1n) is 8.88. The molecule has 0 saturated heterocycles. The van der Waals surface area contributed by atoms with Crippen molar-refractivity contribution in [3.63, 3.8) is 0 Å². The van der Waals surface area contributed by atoms with Crippen LogP contribution in [0.15, 0.2) is 53.4 Å². The highest BCUT2D eigenvalue weighted by Crippen LogP contribution is 2.25. The topological polar surface area (TPSA) is 20.3 Å². The molecule has 0 bridgehead atoms. The Morgan fingerprint density at radius 2 is 1.68 bits per heavy atom. The predicted octanol–water partition coefficient (Wildman–Crippen LogP) is 6.04. The fraction of sp³-hybridized carbons (Fsp3) is 0.381. The predicted molar refractivity (Wildman–Crippen MR) is 106 cm³/mol. The summed E-state index contributed by atoms with van der Waals surface area (Å²) in [5.74, 6) is 1.03. The number of nitrogens with zero attached hydrogens (tertiary/aromatic N) is 1.